The van der Waals surface area contributed by atoms with Crippen LogP contribution in [0.25, 0.3) is 0 Å². The molecule has 0 atom stereocenters. The maximum absolute atomic E-state index is 12.2. The van der Waals surface area contributed by atoms with Crippen molar-refractivity contribution in [1.82, 2.24) is 9.47 Å². The van der Waals surface area contributed by atoms with Crippen LogP contribution in [-0.4, -0.2) is 33.8 Å². The maximum atomic E-state index is 12.2. The summed E-state index contributed by atoms with van der Waals surface area (Å²) in [5, 5.41) is 0. The molecule has 1 rings (SSSR count). The summed E-state index contributed by atoms with van der Waals surface area (Å²) in [6.07, 6.45) is 1.59. The number of nitrogens with zero attached hydrogens (tertiary/aromatic N) is 2. The highest BCUT2D eigenvalue weighted by Crippen LogP contribution is 2.07. The molecule has 4 nitrogen and oxygen atoms in total. The van der Waals surface area contributed by atoms with Gasteiger partial charge in [0.25, 0.3) is 11.5 Å². The summed E-state index contributed by atoms with van der Waals surface area (Å²) in [6, 6.07) is 3.06. The van der Waals surface area contributed by atoms with Gasteiger partial charge in [-0.05, 0) is 19.9 Å². The Bertz CT molecular complexity index is 454. The third-order valence-corrected chi connectivity index (χ3v) is 2.73. The number of pyridine rings is 1. The molecule has 0 unspecified atom stereocenters. The summed E-state index contributed by atoms with van der Waals surface area (Å²) in [4.78, 5) is 25.3. The van der Waals surface area contributed by atoms with Gasteiger partial charge in [-0.3, -0.25) is 9.59 Å². The minimum Gasteiger partial charge on any atom is -0.335 e. The topological polar surface area (TPSA) is 42.3 Å². The molecule has 0 N–H and O–H groups in total. The SMILES string of the molecule is CC(C)N(CCCl)C(=O)c1ccn(C)c(=O)c1. The van der Waals surface area contributed by atoms with E-state index in [0.29, 0.717) is 18.0 Å². The minimum absolute atomic E-state index is 0.0605. The number of hydrogen-bond donors (Lipinski definition) is 0. The molecule has 5 heteroatoms. The Labute approximate surface area is 106 Å². The van der Waals surface area contributed by atoms with E-state index in [9.17, 15) is 9.59 Å². The summed E-state index contributed by atoms with van der Waals surface area (Å²) >= 11 is 5.67. The van der Waals surface area contributed by atoms with Crippen molar-refractivity contribution >= 4 is 17.5 Å². The molecule has 0 aliphatic rings. The second kappa shape index (κ2) is 5.87. The van der Waals surface area contributed by atoms with Gasteiger partial charge >= 0.3 is 0 Å². The maximum Gasteiger partial charge on any atom is 0.254 e. The Balaban J connectivity index is 3.01. The van der Waals surface area contributed by atoms with Crippen LogP contribution in [0.2, 0.25) is 0 Å². The van der Waals surface area contributed by atoms with Gasteiger partial charge in [0.2, 0.25) is 0 Å². The van der Waals surface area contributed by atoms with Crippen molar-refractivity contribution < 1.29 is 4.79 Å². The van der Waals surface area contributed by atoms with Gasteiger partial charge < -0.3 is 9.47 Å². The fourth-order valence-electron chi connectivity index (χ4n) is 1.53. The van der Waals surface area contributed by atoms with E-state index in [1.54, 1.807) is 24.2 Å². The fourth-order valence-corrected chi connectivity index (χ4v) is 1.71. The van der Waals surface area contributed by atoms with Gasteiger partial charge in [0.05, 0.1) is 0 Å². The lowest BCUT2D eigenvalue weighted by atomic mass is 10.2. The Morgan fingerprint density at radius 1 is 1.53 bits per heavy atom. The van der Waals surface area contributed by atoms with E-state index in [2.05, 4.69) is 0 Å². The predicted octanol–water partition coefficient (Wildman–Crippen LogP) is 1.47. The van der Waals surface area contributed by atoms with Crippen LogP contribution >= 0.6 is 11.6 Å². The van der Waals surface area contributed by atoms with Gasteiger partial charge in [-0.2, -0.15) is 0 Å². The summed E-state index contributed by atoms with van der Waals surface area (Å²) < 4.78 is 1.43. The van der Waals surface area contributed by atoms with Crippen molar-refractivity contribution in [2.75, 3.05) is 12.4 Å². The van der Waals surface area contributed by atoms with Gasteiger partial charge in [-0.15, -0.1) is 11.6 Å². The molecular weight excluding hydrogens is 240 g/mol. The summed E-state index contributed by atoms with van der Waals surface area (Å²) in [5.41, 5.74) is 0.220. The molecule has 0 saturated heterocycles. The first-order chi connectivity index (χ1) is 7.97. The third kappa shape index (κ3) is 3.33. The molecule has 0 radical (unpaired) electrons. The molecule has 94 valence electrons. The highest BCUT2D eigenvalue weighted by atomic mass is 35.5. The quantitative estimate of drug-likeness (QED) is 0.766. The van der Waals surface area contributed by atoms with Gasteiger partial charge in [0.1, 0.15) is 0 Å². The number of amides is 1. The first-order valence-electron chi connectivity index (χ1n) is 5.51. The van der Waals surface area contributed by atoms with Crippen LogP contribution in [0.4, 0.5) is 0 Å². The Kier molecular flexibility index (Phi) is 4.75. The largest absolute Gasteiger partial charge is 0.335 e. The van der Waals surface area contributed by atoms with Crippen molar-refractivity contribution in [3.8, 4) is 0 Å². The van der Waals surface area contributed by atoms with Crippen molar-refractivity contribution in [1.29, 1.82) is 0 Å². The zero-order valence-corrected chi connectivity index (χ0v) is 11.1. The molecule has 0 bridgehead atoms. The van der Waals surface area contributed by atoms with Gasteiger partial charge in [0.15, 0.2) is 0 Å². The lowest BCUT2D eigenvalue weighted by Crippen LogP contribution is -2.39. The number of aryl methyl sites for hydroxylation is 1. The molecule has 0 aromatic carbocycles. The highest BCUT2D eigenvalue weighted by molar-refractivity contribution is 6.18. The van der Waals surface area contributed by atoms with E-state index in [1.165, 1.54) is 10.6 Å². The number of rotatable bonds is 4. The van der Waals surface area contributed by atoms with Gasteiger partial charge in [-0.1, -0.05) is 0 Å². The third-order valence-electron chi connectivity index (χ3n) is 2.56. The molecule has 0 fully saturated rings. The zero-order valence-electron chi connectivity index (χ0n) is 10.3. The van der Waals surface area contributed by atoms with E-state index < -0.39 is 0 Å². The zero-order chi connectivity index (χ0) is 13.0. The van der Waals surface area contributed by atoms with Crippen LogP contribution in [0.5, 0.6) is 0 Å². The van der Waals surface area contributed by atoms with Gasteiger partial charge in [0, 0.05) is 43.3 Å². The summed E-state index contributed by atoms with van der Waals surface area (Å²) in [5.74, 6) is 0.229. The van der Waals surface area contributed by atoms with Crippen LogP contribution in [0.3, 0.4) is 0 Å². The van der Waals surface area contributed by atoms with Crippen molar-refractivity contribution in [3.63, 3.8) is 0 Å². The number of carbonyl (C=O) groups excluding carboxylic acids is 1. The second-order valence-corrected chi connectivity index (χ2v) is 4.52. The first kappa shape index (κ1) is 13.8. The fraction of sp³-hybridized carbons (Fsp3) is 0.500. The van der Waals surface area contributed by atoms with Gasteiger partial charge in [-0.25, -0.2) is 0 Å². The highest BCUT2D eigenvalue weighted by Gasteiger charge is 2.18. The molecule has 0 saturated carbocycles. The lowest BCUT2D eigenvalue weighted by molar-refractivity contribution is 0.0718. The monoisotopic (exact) mass is 256 g/mol. The molecule has 0 aliphatic heterocycles. The number of alkyl halides is 1. The van der Waals surface area contributed by atoms with Crippen LogP contribution in [-0.2, 0) is 7.05 Å². The molecular formula is C12H17ClN2O2. The molecule has 1 aromatic heterocycles. The van der Waals surface area contributed by atoms with Crippen LogP contribution < -0.4 is 5.56 Å². The predicted molar refractivity (Wildman–Crippen MR) is 68.6 cm³/mol. The second-order valence-electron chi connectivity index (χ2n) is 4.15. The van der Waals surface area contributed by atoms with Crippen LogP contribution in [0.15, 0.2) is 23.1 Å². The Hall–Kier alpha value is -1.29. The number of aromatic nitrogens is 1. The number of carbonyl (C=O) groups is 1. The molecule has 0 aliphatic carbocycles. The molecule has 1 aromatic rings. The van der Waals surface area contributed by atoms with Crippen molar-refractivity contribution in [2.24, 2.45) is 7.05 Å². The normalized spacial score (nSPS) is 10.6. The Morgan fingerprint density at radius 3 is 2.65 bits per heavy atom. The average molecular weight is 257 g/mol. The van der Waals surface area contributed by atoms with E-state index in [1.807, 2.05) is 13.8 Å². The first-order valence-corrected chi connectivity index (χ1v) is 6.04. The van der Waals surface area contributed by atoms with E-state index >= 15 is 0 Å². The number of halogens is 1. The van der Waals surface area contributed by atoms with Crippen molar-refractivity contribution in [3.05, 3.63) is 34.2 Å². The smallest absolute Gasteiger partial charge is 0.254 e. The number of hydrogen-bond acceptors (Lipinski definition) is 2. The molecule has 1 amide bonds. The van der Waals surface area contributed by atoms with E-state index in [4.69, 9.17) is 11.6 Å². The van der Waals surface area contributed by atoms with Crippen LogP contribution in [0, 0.1) is 0 Å². The summed E-state index contributed by atoms with van der Waals surface area (Å²) in [6.45, 7) is 4.32. The molecule has 17 heavy (non-hydrogen) atoms. The average Bonchev–Trinajstić information content (AvgIpc) is 2.28. The molecule has 0 spiro atoms. The van der Waals surface area contributed by atoms with Crippen LogP contribution in [0.1, 0.15) is 24.2 Å². The standard InChI is InChI=1S/C12H17ClN2O2/c1-9(2)15(7-5-13)12(17)10-4-6-14(3)11(16)8-10/h4,6,8-9H,5,7H2,1-3H3. The lowest BCUT2D eigenvalue weighted by Gasteiger charge is -2.25. The molecule has 1 heterocycles. The Morgan fingerprint density at radius 2 is 2.18 bits per heavy atom. The van der Waals surface area contributed by atoms with E-state index in [-0.39, 0.29) is 17.5 Å². The minimum atomic E-state index is -0.189. The summed E-state index contributed by atoms with van der Waals surface area (Å²) in [7, 11) is 1.65. The van der Waals surface area contributed by atoms with Crippen molar-refractivity contribution in [2.45, 2.75) is 19.9 Å². The van der Waals surface area contributed by atoms with E-state index in [0.717, 1.165) is 0 Å².